The first-order valence-electron chi connectivity index (χ1n) is 3.03. The Morgan fingerprint density at radius 2 is 2.00 bits per heavy atom. The number of carbonyl (C=O) groups excluding carboxylic acids is 1. The minimum atomic E-state index is -1.20. The molecule has 0 aliphatic carbocycles. The van der Waals surface area contributed by atoms with E-state index in [2.05, 4.69) is 12.6 Å². The number of carboxylic acid groups (broad SMARTS) is 1. The molecule has 0 spiro atoms. The number of carboxylic acids is 1. The molecule has 0 aromatic rings. The molecule has 0 rings (SSSR count). The van der Waals surface area contributed by atoms with Crippen LogP contribution in [0.25, 0.3) is 0 Å². The second kappa shape index (κ2) is 4.35. The maximum atomic E-state index is 10.5. The summed E-state index contributed by atoms with van der Waals surface area (Å²) in [6.45, 7) is 1.25. The van der Waals surface area contributed by atoms with Crippen LogP contribution in [0.4, 0.5) is 0 Å². The fraction of sp³-hybridized carbons (Fsp3) is 0.667. The standard InChI is InChI=1S/C6H10O4S/c1-3(7)6(11)4(8)2-5(9)10/h4,6,8,11H,2H2,1H3,(H,9,10). The summed E-state index contributed by atoms with van der Waals surface area (Å²) in [4.78, 5) is 20.6. The van der Waals surface area contributed by atoms with E-state index < -0.39 is 23.7 Å². The van der Waals surface area contributed by atoms with Gasteiger partial charge in [0.15, 0.2) is 0 Å². The summed E-state index contributed by atoms with van der Waals surface area (Å²) in [6.07, 6.45) is -1.65. The van der Waals surface area contributed by atoms with Crippen LogP contribution in [0.3, 0.4) is 0 Å². The summed E-state index contributed by atoms with van der Waals surface area (Å²) in [5.74, 6) is -1.47. The number of aliphatic hydroxyl groups is 1. The quantitative estimate of drug-likeness (QED) is 0.517. The highest BCUT2D eigenvalue weighted by molar-refractivity contribution is 7.81. The minimum Gasteiger partial charge on any atom is -0.481 e. The Morgan fingerprint density at radius 1 is 1.55 bits per heavy atom. The first kappa shape index (κ1) is 10.4. The predicted molar refractivity (Wildman–Crippen MR) is 41.7 cm³/mol. The molecule has 0 saturated heterocycles. The Labute approximate surface area is 69.6 Å². The molecule has 0 saturated carbocycles. The molecular formula is C6H10O4S. The Hall–Kier alpha value is -0.550. The fourth-order valence-electron chi connectivity index (χ4n) is 0.561. The van der Waals surface area contributed by atoms with Gasteiger partial charge in [-0.1, -0.05) is 0 Å². The van der Waals surface area contributed by atoms with Crippen molar-refractivity contribution >= 4 is 24.4 Å². The van der Waals surface area contributed by atoms with Crippen LogP contribution in [0, 0.1) is 0 Å². The number of rotatable bonds is 4. The summed E-state index contributed by atoms with van der Waals surface area (Å²) in [5.41, 5.74) is 0. The van der Waals surface area contributed by atoms with Gasteiger partial charge in [0.05, 0.1) is 17.8 Å². The third kappa shape index (κ3) is 4.00. The number of hydrogen-bond acceptors (Lipinski definition) is 4. The molecule has 2 atom stereocenters. The topological polar surface area (TPSA) is 74.6 Å². The van der Waals surface area contributed by atoms with E-state index in [0.29, 0.717) is 0 Å². The molecule has 0 aliphatic heterocycles. The van der Waals surface area contributed by atoms with Crippen molar-refractivity contribution in [3.63, 3.8) is 0 Å². The van der Waals surface area contributed by atoms with Gasteiger partial charge in [0, 0.05) is 0 Å². The summed E-state index contributed by atoms with van der Waals surface area (Å²) in [6, 6.07) is 0. The zero-order valence-corrected chi connectivity index (χ0v) is 6.91. The zero-order valence-electron chi connectivity index (χ0n) is 6.02. The summed E-state index contributed by atoms with van der Waals surface area (Å²) >= 11 is 3.73. The predicted octanol–water partition coefficient (Wildman–Crippen LogP) is -0.291. The number of Topliss-reactive ketones (excluding diaryl/α,β-unsaturated/α-hetero) is 1. The molecular weight excluding hydrogens is 168 g/mol. The van der Waals surface area contributed by atoms with Gasteiger partial charge in [-0.15, -0.1) is 0 Å². The summed E-state index contributed by atoms with van der Waals surface area (Å²) in [7, 11) is 0. The molecule has 0 amide bonds. The maximum absolute atomic E-state index is 10.5. The zero-order chi connectivity index (χ0) is 9.02. The Bertz CT molecular complexity index is 168. The number of thiol groups is 1. The molecule has 5 heteroatoms. The van der Waals surface area contributed by atoms with E-state index in [4.69, 9.17) is 10.2 Å². The van der Waals surface area contributed by atoms with Gasteiger partial charge < -0.3 is 10.2 Å². The molecule has 0 radical (unpaired) electrons. The van der Waals surface area contributed by atoms with Gasteiger partial charge in [0.2, 0.25) is 0 Å². The second-order valence-electron chi connectivity index (χ2n) is 2.22. The fourth-order valence-corrected chi connectivity index (χ4v) is 0.667. The van der Waals surface area contributed by atoms with Crippen molar-refractivity contribution in [1.29, 1.82) is 0 Å². The first-order valence-corrected chi connectivity index (χ1v) is 3.55. The van der Waals surface area contributed by atoms with E-state index in [-0.39, 0.29) is 5.78 Å². The SMILES string of the molecule is CC(=O)C(S)C(O)CC(=O)O. The second-order valence-corrected chi connectivity index (χ2v) is 2.78. The average molecular weight is 178 g/mol. The van der Waals surface area contributed by atoms with Crippen molar-refractivity contribution in [2.24, 2.45) is 0 Å². The number of ketones is 1. The molecule has 4 nitrogen and oxygen atoms in total. The average Bonchev–Trinajstić information content (AvgIpc) is 1.84. The van der Waals surface area contributed by atoms with Gasteiger partial charge >= 0.3 is 5.97 Å². The molecule has 2 unspecified atom stereocenters. The maximum Gasteiger partial charge on any atom is 0.306 e. The van der Waals surface area contributed by atoms with Gasteiger partial charge in [-0.2, -0.15) is 12.6 Å². The monoisotopic (exact) mass is 178 g/mol. The van der Waals surface area contributed by atoms with Gasteiger partial charge in [-0.25, -0.2) is 0 Å². The van der Waals surface area contributed by atoms with Crippen molar-refractivity contribution in [2.75, 3.05) is 0 Å². The lowest BCUT2D eigenvalue weighted by atomic mass is 10.1. The van der Waals surface area contributed by atoms with E-state index >= 15 is 0 Å². The van der Waals surface area contributed by atoms with E-state index in [1.54, 1.807) is 0 Å². The van der Waals surface area contributed by atoms with Gasteiger partial charge in [-0.05, 0) is 6.92 Å². The lowest BCUT2D eigenvalue weighted by molar-refractivity contribution is -0.139. The first-order chi connectivity index (χ1) is 4.95. The van der Waals surface area contributed by atoms with Crippen LogP contribution in [-0.2, 0) is 9.59 Å². The van der Waals surface area contributed by atoms with Crippen molar-refractivity contribution in [3.05, 3.63) is 0 Å². The van der Waals surface area contributed by atoms with Crippen LogP contribution in [0.2, 0.25) is 0 Å². The number of aliphatic carboxylic acids is 1. The van der Waals surface area contributed by atoms with E-state index in [0.717, 1.165) is 0 Å². The van der Waals surface area contributed by atoms with Crippen molar-refractivity contribution in [1.82, 2.24) is 0 Å². The molecule has 0 aromatic carbocycles. The van der Waals surface area contributed by atoms with Crippen LogP contribution in [0.5, 0.6) is 0 Å². The summed E-state index contributed by atoms with van der Waals surface area (Å²) < 4.78 is 0. The van der Waals surface area contributed by atoms with E-state index in [9.17, 15) is 9.59 Å². The Morgan fingerprint density at radius 3 is 2.27 bits per heavy atom. The molecule has 0 aromatic heterocycles. The van der Waals surface area contributed by atoms with Crippen molar-refractivity contribution in [3.8, 4) is 0 Å². The van der Waals surface area contributed by atoms with E-state index in [1.807, 2.05) is 0 Å². The Balaban J connectivity index is 3.92. The molecule has 0 fully saturated rings. The van der Waals surface area contributed by atoms with Crippen LogP contribution >= 0.6 is 12.6 Å². The van der Waals surface area contributed by atoms with E-state index in [1.165, 1.54) is 6.92 Å². The Kier molecular flexibility index (Phi) is 4.14. The highest BCUT2D eigenvalue weighted by Crippen LogP contribution is 2.06. The lowest BCUT2D eigenvalue weighted by Gasteiger charge is -2.12. The van der Waals surface area contributed by atoms with Crippen LogP contribution in [0.1, 0.15) is 13.3 Å². The van der Waals surface area contributed by atoms with Gasteiger partial charge in [-0.3, -0.25) is 9.59 Å². The number of carbonyl (C=O) groups is 2. The molecule has 11 heavy (non-hydrogen) atoms. The van der Waals surface area contributed by atoms with Crippen molar-refractivity contribution < 1.29 is 19.8 Å². The lowest BCUT2D eigenvalue weighted by Crippen LogP contribution is -2.29. The van der Waals surface area contributed by atoms with Crippen LogP contribution in [-0.4, -0.2) is 33.3 Å². The normalized spacial score (nSPS) is 15.5. The summed E-state index contributed by atoms with van der Waals surface area (Å²) in [5, 5.41) is 16.3. The highest BCUT2D eigenvalue weighted by atomic mass is 32.1. The number of hydrogen-bond donors (Lipinski definition) is 3. The highest BCUT2D eigenvalue weighted by Gasteiger charge is 2.21. The smallest absolute Gasteiger partial charge is 0.306 e. The molecule has 64 valence electrons. The molecule has 2 N–H and O–H groups in total. The largest absolute Gasteiger partial charge is 0.481 e. The van der Waals surface area contributed by atoms with Gasteiger partial charge in [0.1, 0.15) is 5.78 Å². The minimum absolute atomic E-state index is 0.331. The van der Waals surface area contributed by atoms with Crippen LogP contribution < -0.4 is 0 Å². The molecule has 0 bridgehead atoms. The number of aliphatic hydroxyl groups excluding tert-OH is 1. The third-order valence-corrected chi connectivity index (χ3v) is 1.87. The van der Waals surface area contributed by atoms with Crippen molar-refractivity contribution in [2.45, 2.75) is 24.7 Å². The molecule has 0 aliphatic rings. The third-order valence-electron chi connectivity index (χ3n) is 1.16. The van der Waals surface area contributed by atoms with Gasteiger partial charge in [0.25, 0.3) is 0 Å². The van der Waals surface area contributed by atoms with Crippen LogP contribution in [0.15, 0.2) is 0 Å². The molecule has 0 heterocycles.